The molecule has 2 N–H and O–H groups in total. The van der Waals surface area contributed by atoms with E-state index in [9.17, 15) is 24.6 Å². The first kappa shape index (κ1) is 23.2. The van der Waals surface area contributed by atoms with Crippen molar-refractivity contribution in [3.63, 3.8) is 0 Å². The standard InChI is InChI=1S/C21H31BrN2O6/c1-5-7-11(3)23(8-6-2)19(27)17-21-9-13(22)16(30-21)14(20(28)29)15(21)18(26)24(17)12(4)10-25/h6,11-17,25H,2,5,7-10H2,1,3-4H3,(H,28,29)/t11?,12-,13?,14+,15-,16+,17+,21-/m1/s1. The molecule has 3 saturated heterocycles. The van der Waals surface area contributed by atoms with Gasteiger partial charge in [0.15, 0.2) is 0 Å². The molecule has 3 rings (SSSR count). The maximum absolute atomic E-state index is 13.9. The lowest BCUT2D eigenvalue weighted by Crippen LogP contribution is -2.59. The number of carboxylic acids is 1. The Hall–Kier alpha value is -1.45. The number of halogens is 1. The van der Waals surface area contributed by atoms with Crippen molar-refractivity contribution in [2.45, 2.75) is 74.7 Å². The number of carbonyl (C=O) groups excluding carboxylic acids is 2. The van der Waals surface area contributed by atoms with Gasteiger partial charge >= 0.3 is 5.97 Å². The number of aliphatic carboxylic acids is 1. The molecule has 9 heteroatoms. The fourth-order valence-corrected chi connectivity index (χ4v) is 6.49. The molecule has 2 amide bonds. The highest BCUT2D eigenvalue weighted by molar-refractivity contribution is 9.09. The molecular weight excluding hydrogens is 456 g/mol. The molecule has 30 heavy (non-hydrogen) atoms. The number of amides is 2. The van der Waals surface area contributed by atoms with E-state index in [1.807, 2.05) is 13.8 Å². The predicted molar refractivity (Wildman–Crippen MR) is 113 cm³/mol. The van der Waals surface area contributed by atoms with Crippen LogP contribution in [0.4, 0.5) is 0 Å². The predicted octanol–water partition coefficient (Wildman–Crippen LogP) is 1.40. The van der Waals surface area contributed by atoms with E-state index in [4.69, 9.17) is 4.74 Å². The van der Waals surface area contributed by atoms with Crippen molar-refractivity contribution in [2.24, 2.45) is 11.8 Å². The second kappa shape index (κ2) is 8.59. The SMILES string of the molecule is C=CCN(C(=O)[C@@H]1N([C@H](C)CO)C(=O)[C@H]2[C@H](C(=O)O)[C@H]3O[C@@]12CC3Br)C(C)CCC. The summed E-state index contributed by atoms with van der Waals surface area (Å²) in [6.45, 7) is 9.41. The number of alkyl halides is 1. The second-order valence-corrected chi connectivity index (χ2v) is 9.87. The van der Waals surface area contributed by atoms with Gasteiger partial charge < -0.3 is 24.7 Å². The van der Waals surface area contributed by atoms with Gasteiger partial charge in [-0.1, -0.05) is 35.4 Å². The number of fused-ring (bicyclic) bond motifs is 1. The Morgan fingerprint density at radius 2 is 2.13 bits per heavy atom. The van der Waals surface area contributed by atoms with Crippen molar-refractivity contribution in [1.82, 2.24) is 9.80 Å². The quantitative estimate of drug-likeness (QED) is 0.376. The minimum absolute atomic E-state index is 0.0778. The molecule has 3 aliphatic rings. The van der Waals surface area contributed by atoms with Gasteiger partial charge in [-0.3, -0.25) is 14.4 Å². The van der Waals surface area contributed by atoms with Crippen LogP contribution in [-0.2, 0) is 19.1 Å². The minimum atomic E-state index is -1.22. The third-order valence-corrected chi connectivity index (χ3v) is 7.68. The zero-order chi connectivity index (χ0) is 22.4. The highest BCUT2D eigenvalue weighted by Crippen LogP contribution is 2.60. The molecule has 3 fully saturated rings. The molecule has 8 atom stereocenters. The van der Waals surface area contributed by atoms with Gasteiger partial charge in [0.25, 0.3) is 0 Å². The number of carbonyl (C=O) groups is 3. The molecule has 0 radical (unpaired) electrons. The molecule has 3 heterocycles. The summed E-state index contributed by atoms with van der Waals surface area (Å²) in [5.41, 5.74) is -1.22. The van der Waals surface area contributed by atoms with E-state index < -0.39 is 47.5 Å². The van der Waals surface area contributed by atoms with Crippen LogP contribution in [-0.4, -0.2) is 85.6 Å². The molecule has 1 spiro atoms. The third kappa shape index (κ3) is 3.29. The maximum atomic E-state index is 13.9. The summed E-state index contributed by atoms with van der Waals surface area (Å²) in [5, 5.41) is 19.6. The van der Waals surface area contributed by atoms with Gasteiger partial charge in [0.1, 0.15) is 11.6 Å². The van der Waals surface area contributed by atoms with Crippen LogP contribution in [0.1, 0.15) is 40.0 Å². The first-order valence-electron chi connectivity index (χ1n) is 10.5. The van der Waals surface area contributed by atoms with Gasteiger partial charge in [-0.15, -0.1) is 6.58 Å². The van der Waals surface area contributed by atoms with Crippen LogP contribution in [0.3, 0.4) is 0 Å². The van der Waals surface area contributed by atoms with Crippen LogP contribution in [0.2, 0.25) is 0 Å². The summed E-state index contributed by atoms with van der Waals surface area (Å²) in [6, 6.07) is -1.69. The smallest absolute Gasteiger partial charge is 0.310 e. The van der Waals surface area contributed by atoms with Gasteiger partial charge in [0.05, 0.1) is 30.6 Å². The van der Waals surface area contributed by atoms with Crippen molar-refractivity contribution in [3.8, 4) is 0 Å². The van der Waals surface area contributed by atoms with Crippen LogP contribution >= 0.6 is 15.9 Å². The number of carboxylic acid groups (broad SMARTS) is 1. The highest BCUT2D eigenvalue weighted by atomic mass is 79.9. The van der Waals surface area contributed by atoms with Crippen molar-refractivity contribution in [3.05, 3.63) is 12.7 Å². The first-order chi connectivity index (χ1) is 14.2. The van der Waals surface area contributed by atoms with Crippen molar-refractivity contribution < 1.29 is 29.3 Å². The van der Waals surface area contributed by atoms with Gasteiger partial charge in [-0.05, 0) is 26.7 Å². The fraction of sp³-hybridized carbons (Fsp3) is 0.762. The number of aliphatic hydroxyl groups is 1. The number of likely N-dealkylation sites (tertiary alicyclic amines) is 1. The topological polar surface area (TPSA) is 107 Å². The Labute approximate surface area is 185 Å². The summed E-state index contributed by atoms with van der Waals surface area (Å²) in [4.78, 5) is 42.2. The Morgan fingerprint density at radius 3 is 2.67 bits per heavy atom. The van der Waals surface area contributed by atoms with E-state index in [0.717, 1.165) is 12.8 Å². The van der Waals surface area contributed by atoms with E-state index in [1.54, 1.807) is 17.9 Å². The third-order valence-electron chi connectivity index (χ3n) is 6.83. The Balaban J connectivity index is 2.09. The van der Waals surface area contributed by atoms with Gasteiger partial charge in [-0.25, -0.2) is 0 Å². The molecule has 2 bridgehead atoms. The van der Waals surface area contributed by atoms with Crippen LogP contribution in [0.25, 0.3) is 0 Å². The summed E-state index contributed by atoms with van der Waals surface area (Å²) >= 11 is 3.52. The molecular formula is C21H31BrN2O6. The average Bonchev–Trinajstić information content (AvgIpc) is 3.28. The Kier molecular flexibility index (Phi) is 6.65. The summed E-state index contributed by atoms with van der Waals surface area (Å²) in [6.07, 6.45) is 3.02. The van der Waals surface area contributed by atoms with E-state index in [2.05, 4.69) is 22.5 Å². The molecule has 8 nitrogen and oxygen atoms in total. The zero-order valence-corrected chi connectivity index (χ0v) is 19.2. The van der Waals surface area contributed by atoms with Gasteiger partial charge in [-0.2, -0.15) is 0 Å². The number of rotatable bonds is 9. The maximum Gasteiger partial charge on any atom is 0.310 e. The zero-order valence-electron chi connectivity index (χ0n) is 17.7. The van der Waals surface area contributed by atoms with Gasteiger partial charge in [0, 0.05) is 17.4 Å². The number of hydrogen-bond acceptors (Lipinski definition) is 5. The summed E-state index contributed by atoms with van der Waals surface area (Å²) in [5.74, 6) is -3.77. The van der Waals surface area contributed by atoms with E-state index in [1.165, 1.54) is 4.90 Å². The molecule has 0 aromatic carbocycles. The Bertz CT molecular complexity index is 732. The monoisotopic (exact) mass is 486 g/mol. The lowest BCUT2D eigenvalue weighted by molar-refractivity contribution is -0.153. The van der Waals surface area contributed by atoms with E-state index in [0.29, 0.717) is 13.0 Å². The lowest BCUT2D eigenvalue weighted by atomic mass is 9.70. The molecule has 0 saturated carbocycles. The highest BCUT2D eigenvalue weighted by Gasteiger charge is 2.77. The fourth-order valence-electron chi connectivity index (χ4n) is 5.55. The normalized spacial score (nSPS) is 36.5. The number of aliphatic hydroxyl groups excluding tert-OH is 1. The Morgan fingerprint density at radius 1 is 1.47 bits per heavy atom. The van der Waals surface area contributed by atoms with Crippen LogP contribution in [0.15, 0.2) is 12.7 Å². The molecule has 0 aromatic heterocycles. The minimum Gasteiger partial charge on any atom is -0.481 e. The van der Waals surface area contributed by atoms with Gasteiger partial charge in [0.2, 0.25) is 11.8 Å². The number of ether oxygens (including phenoxy) is 1. The number of hydrogen-bond donors (Lipinski definition) is 2. The van der Waals surface area contributed by atoms with Crippen LogP contribution in [0.5, 0.6) is 0 Å². The van der Waals surface area contributed by atoms with E-state index in [-0.39, 0.29) is 23.4 Å². The molecule has 0 aliphatic carbocycles. The molecule has 168 valence electrons. The lowest BCUT2D eigenvalue weighted by Gasteiger charge is -2.40. The largest absolute Gasteiger partial charge is 0.481 e. The summed E-state index contributed by atoms with van der Waals surface area (Å²) in [7, 11) is 0. The number of nitrogens with zero attached hydrogens (tertiary/aromatic N) is 2. The van der Waals surface area contributed by atoms with Crippen LogP contribution in [0, 0.1) is 11.8 Å². The van der Waals surface area contributed by atoms with Crippen LogP contribution < -0.4 is 0 Å². The van der Waals surface area contributed by atoms with Crippen molar-refractivity contribution >= 4 is 33.7 Å². The molecule has 2 unspecified atom stereocenters. The van der Waals surface area contributed by atoms with Crippen molar-refractivity contribution in [1.29, 1.82) is 0 Å². The molecule has 3 aliphatic heterocycles. The van der Waals surface area contributed by atoms with Crippen molar-refractivity contribution in [2.75, 3.05) is 13.2 Å². The first-order valence-corrected chi connectivity index (χ1v) is 11.5. The summed E-state index contributed by atoms with van der Waals surface area (Å²) < 4.78 is 6.22. The van der Waals surface area contributed by atoms with E-state index >= 15 is 0 Å². The molecule has 0 aromatic rings. The average molecular weight is 487 g/mol. The second-order valence-electron chi connectivity index (χ2n) is 8.70.